The summed E-state index contributed by atoms with van der Waals surface area (Å²) in [4.78, 5) is 91.5. The summed E-state index contributed by atoms with van der Waals surface area (Å²) in [6, 6.07) is 8.58. The zero-order chi connectivity index (χ0) is 55.8. The summed E-state index contributed by atoms with van der Waals surface area (Å²) < 4.78 is 37.4. The zero-order valence-corrected chi connectivity index (χ0v) is 50.3. The quantitative estimate of drug-likeness (QED) is 0.138. The number of halogens is 3. The molecule has 2 aromatic carbocycles. The molecular formula is C58H73Br3N4O12. The van der Waals surface area contributed by atoms with E-state index in [1.165, 1.54) is 9.80 Å². The number of amides is 2. The first-order valence-electron chi connectivity index (χ1n) is 27.0. The van der Waals surface area contributed by atoms with Crippen LogP contribution in [0.1, 0.15) is 131 Å². The van der Waals surface area contributed by atoms with Crippen molar-refractivity contribution in [3.63, 3.8) is 0 Å². The summed E-state index contributed by atoms with van der Waals surface area (Å²) in [5, 5.41) is 3.68. The molecule has 4 aliphatic heterocycles. The van der Waals surface area contributed by atoms with E-state index in [0.29, 0.717) is 25.0 Å². The number of benzene rings is 2. The largest absolute Gasteiger partial charge is 0.472 e. The minimum Gasteiger partial charge on any atom is -0.472 e. The Balaban J connectivity index is 0.000000224. The highest BCUT2D eigenvalue weighted by atomic mass is 79.9. The number of hydrogen-bond donors (Lipinski definition) is 0. The molecule has 0 unspecified atom stereocenters. The highest BCUT2D eigenvalue weighted by molar-refractivity contribution is 9.11. The van der Waals surface area contributed by atoms with Gasteiger partial charge in [0.05, 0.1) is 69.6 Å². The van der Waals surface area contributed by atoms with Crippen LogP contribution in [0.25, 0.3) is 21.5 Å². The molecule has 2 aromatic heterocycles. The van der Waals surface area contributed by atoms with Crippen LogP contribution in [0.15, 0.2) is 56.1 Å². The maximum absolute atomic E-state index is 14.0. The van der Waals surface area contributed by atoms with Crippen LogP contribution in [-0.4, -0.2) is 119 Å². The first-order chi connectivity index (χ1) is 36.6. The van der Waals surface area contributed by atoms with E-state index in [1.807, 2.05) is 53.7 Å². The molecule has 0 radical (unpaired) electrons. The van der Waals surface area contributed by atoms with Gasteiger partial charge >= 0.3 is 23.9 Å². The molecule has 4 aliphatic rings. The molecule has 2 fully saturated rings. The molecule has 4 aromatic rings. The highest BCUT2D eigenvalue weighted by Crippen LogP contribution is 2.42. The maximum Gasteiger partial charge on any atom is 0.328 e. The van der Waals surface area contributed by atoms with Gasteiger partial charge in [0.1, 0.15) is 24.3 Å². The van der Waals surface area contributed by atoms with Crippen molar-refractivity contribution >= 4 is 105 Å². The van der Waals surface area contributed by atoms with Crippen LogP contribution in [0.5, 0.6) is 11.8 Å². The van der Waals surface area contributed by atoms with Crippen LogP contribution >= 0.6 is 47.8 Å². The average molecular weight is 1260 g/mol. The van der Waals surface area contributed by atoms with Crippen molar-refractivity contribution in [3.05, 3.63) is 67.3 Å². The van der Waals surface area contributed by atoms with Gasteiger partial charge in [-0.2, -0.15) is 0 Å². The first-order valence-corrected chi connectivity index (χ1v) is 29.4. The van der Waals surface area contributed by atoms with Crippen molar-refractivity contribution in [2.45, 2.75) is 157 Å². The van der Waals surface area contributed by atoms with Gasteiger partial charge in [0, 0.05) is 54.8 Å². The van der Waals surface area contributed by atoms with E-state index in [4.69, 9.17) is 28.4 Å². The Morgan fingerprint density at radius 3 is 1.62 bits per heavy atom. The standard InChI is InChI=1S/C29H36Br2N2O6.C29H37BrN2O6/c1-5-37-28(36)22-14-18-16-33(22)27(35)20(29(2,3)4)15-23(34)38-12-8-6-7-9-17-13-21(30)19-10-11-32-26(39-18)24(19)25(17)31;1-5-36-28(35)24-15-19-17-32(24)27(34)22(29(2,3)4)16-25(33)37-12-8-6-7-9-18-13-21-20(23(30)14-18)10-11-31-26(21)38-19/h10-11,13,18,20,22H,5-9,12,14-16H2,1-4H3;10-11,13-14,19,22,24H,5-9,12,15-17H2,1-4H3/t18-,20-,22+;19-,22-,24+/m11/s1. The Bertz CT molecular complexity index is 2810. The van der Waals surface area contributed by atoms with E-state index >= 15 is 0 Å². The second kappa shape index (κ2) is 26.4. The van der Waals surface area contributed by atoms with Crippen molar-refractivity contribution in [2.75, 3.05) is 39.5 Å². The predicted molar refractivity (Wildman–Crippen MR) is 301 cm³/mol. The van der Waals surface area contributed by atoms with Crippen LogP contribution in [-0.2, 0) is 60.6 Å². The summed E-state index contributed by atoms with van der Waals surface area (Å²) in [6.07, 6.45) is 9.80. The second-order valence-electron chi connectivity index (χ2n) is 22.4. The lowest BCUT2D eigenvalue weighted by Crippen LogP contribution is -2.48. The summed E-state index contributed by atoms with van der Waals surface area (Å²) in [5.74, 6) is -2.69. The van der Waals surface area contributed by atoms with E-state index in [0.717, 1.165) is 97.5 Å². The van der Waals surface area contributed by atoms with E-state index in [-0.39, 0.29) is 63.8 Å². The third-order valence-corrected chi connectivity index (χ3v) is 17.0. The zero-order valence-electron chi connectivity index (χ0n) is 45.6. The molecule has 418 valence electrons. The van der Waals surface area contributed by atoms with E-state index in [9.17, 15) is 28.8 Å². The number of pyridine rings is 2. The Morgan fingerprint density at radius 2 is 1.10 bits per heavy atom. The topological polar surface area (TPSA) is 190 Å². The molecule has 6 atom stereocenters. The number of nitrogens with zero attached hydrogens (tertiary/aromatic N) is 4. The van der Waals surface area contributed by atoms with Gasteiger partial charge in [0.25, 0.3) is 0 Å². The summed E-state index contributed by atoms with van der Waals surface area (Å²) >= 11 is 11.2. The molecule has 0 saturated carbocycles. The summed E-state index contributed by atoms with van der Waals surface area (Å²) in [7, 11) is 0. The number of rotatable bonds is 4. The monoisotopic (exact) mass is 1250 g/mol. The number of cyclic esters (lactones) is 2. The number of aryl methyl sites for hydroxylation is 2. The van der Waals surface area contributed by atoms with Crippen LogP contribution in [0, 0.1) is 22.7 Å². The van der Waals surface area contributed by atoms with E-state index in [2.05, 4.69) is 76.0 Å². The molecule has 0 aliphatic carbocycles. The second-order valence-corrected chi connectivity index (χ2v) is 24.9. The van der Waals surface area contributed by atoms with Gasteiger partial charge in [-0.25, -0.2) is 19.6 Å². The molecule has 0 N–H and O–H groups in total. The van der Waals surface area contributed by atoms with Crippen molar-refractivity contribution < 1.29 is 57.2 Å². The smallest absolute Gasteiger partial charge is 0.328 e. The average Bonchev–Trinajstić information content (AvgIpc) is 4.01. The Labute approximate surface area is 477 Å². The Kier molecular flexibility index (Phi) is 20.5. The minimum atomic E-state index is -0.814. The number of esters is 4. The fourth-order valence-corrected chi connectivity index (χ4v) is 12.5. The Morgan fingerprint density at radius 1 is 0.623 bits per heavy atom. The van der Waals surface area contributed by atoms with Gasteiger partial charge < -0.3 is 38.2 Å². The van der Waals surface area contributed by atoms with Crippen molar-refractivity contribution in [2.24, 2.45) is 22.7 Å². The maximum atomic E-state index is 14.0. The lowest BCUT2D eigenvalue weighted by Gasteiger charge is -2.34. The molecule has 77 heavy (non-hydrogen) atoms. The van der Waals surface area contributed by atoms with Gasteiger partial charge in [0.15, 0.2) is 0 Å². The van der Waals surface area contributed by atoms with E-state index < -0.39 is 70.8 Å². The third-order valence-electron chi connectivity index (χ3n) is 14.7. The highest BCUT2D eigenvalue weighted by Gasteiger charge is 2.48. The number of aromatic nitrogens is 2. The number of carbonyl (C=O) groups is 6. The van der Waals surface area contributed by atoms with Crippen molar-refractivity contribution in [1.82, 2.24) is 19.8 Å². The Hall–Kier alpha value is -4.88. The normalized spacial score (nSPS) is 23.4. The van der Waals surface area contributed by atoms with Crippen molar-refractivity contribution in [1.29, 1.82) is 0 Å². The predicted octanol–water partition coefficient (Wildman–Crippen LogP) is 11.2. The molecule has 2 saturated heterocycles. The molecule has 19 heteroatoms. The van der Waals surface area contributed by atoms with Gasteiger partial charge in [-0.05, 0) is 133 Å². The molecule has 0 spiro atoms. The molecule has 8 rings (SSSR count). The SMILES string of the molecule is CCOC(=O)[C@@H]1C[C@@H]2CN1C(=O)[C@H](C(C)(C)C)CC(=O)OCCCCCc1cc(Br)c3ccnc(c3c1)O2.CCOC(=O)[C@@H]1C[C@@H]2CN1C(=O)[C@H](C(C)(C)C)CC(=O)OCCCCCc1cc(Br)c3ccnc(c3c1Br)O2. The number of fused-ring (bicyclic) bond motifs is 6. The number of hydrogen-bond acceptors (Lipinski definition) is 14. The van der Waals surface area contributed by atoms with Crippen LogP contribution < -0.4 is 9.47 Å². The summed E-state index contributed by atoms with van der Waals surface area (Å²) in [5.41, 5.74) is 1.22. The lowest BCUT2D eigenvalue weighted by molar-refractivity contribution is -0.158. The van der Waals surface area contributed by atoms with Crippen LogP contribution in [0.4, 0.5) is 0 Å². The number of carbonyl (C=O) groups excluding carboxylic acids is 6. The minimum absolute atomic E-state index is 0.0423. The van der Waals surface area contributed by atoms with Gasteiger partial charge in [-0.3, -0.25) is 19.2 Å². The fraction of sp³-hybridized carbons (Fsp3) is 0.586. The molecule has 16 nitrogen and oxygen atoms in total. The van der Waals surface area contributed by atoms with E-state index in [1.54, 1.807) is 26.2 Å². The van der Waals surface area contributed by atoms with Crippen molar-refractivity contribution in [3.8, 4) is 11.8 Å². The molecule has 8 bridgehead atoms. The third kappa shape index (κ3) is 14.9. The van der Waals surface area contributed by atoms with Gasteiger partial charge in [-0.1, -0.05) is 73.4 Å². The lowest BCUT2D eigenvalue weighted by atomic mass is 9.77. The van der Waals surface area contributed by atoms with Gasteiger partial charge in [0.2, 0.25) is 23.6 Å². The van der Waals surface area contributed by atoms with Crippen LogP contribution in [0.2, 0.25) is 0 Å². The molecule has 6 heterocycles. The fourth-order valence-electron chi connectivity index (χ4n) is 10.5. The summed E-state index contributed by atoms with van der Waals surface area (Å²) in [6.45, 7) is 16.4. The number of ether oxygens (including phenoxy) is 6. The van der Waals surface area contributed by atoms with Crippen LogP contribution in [0.3, 0.4) is 0 Å². The molecular weight excluding hydrogens is 1180 g/mol. The molecule has 2 amide bonds. The first kappa shape index (κ1) is 59.8. The van der Waals surface area contributed by atoms with Gasteiger partial charge in [-0.15, -0.1) is 0 Å².